The van der Waals surface area contributed by atoms with E-state index in [1.54, 1.807) is 55.5 Å². The third kappa shape index (κ3) is 3.79. The summed E-state index contributed by atoms with van der Waals surface area (Å²) in [6.07, 6.45) is 0.765. The molecular formula is C17H15NO4. The summed E-state index contributed by atoms with van der Waals surface area (Å²) in [6.45, 7) is 1.80. The normalized spacial score (nSPS) is 10.9. The largest absolute Gasteiger partial charge is 0.465 e. The summed E-state index contributed by atoms with van der Waals surface area (Å²) < 4.78 is 4.64. The van der Waals surface area contributed by atoms with Crippen LogP contribution in [0.3, 0.4) is 0 Å². The summed E-state index contributed by atoms with van der Waals surface area (Å²) in [6, 6.07) is 13.5. The van der Waals surface area contributed by atoms with E-state index in [2.05, 4.69) is 9.89 Å². The molecule has 0 amide bonds. The van der Waals surface area contributed by atoms with E-state index in [4.69, 9.17) is 4.84 Å². The number of carbonyl (C=O) groups excluding carboxylic acids is 2. The van der Waals surface area contributed by atoms with Gasteiger partial charge in [-0.05, 0) is 48.9 Å². The van der Waals surface area contributed by atoms with Crippen LogP contribution in [-0.4, -0.2) is 25.1 Å². The lowest BCUT2D eigenvalue weighted by Crippen LogP contribution is -2.03. The lowest BCUT2D eigenvalue weighted by Gasteiger charge is -2.04. The van der Waals surface area contributed by atoms with E-state index in [1.807, 2.05) is 0 Å². The van der Waals surface area contributed by atoms with Gasteiger partial charge in [-0.25, -0.2) is 4.79 Å². The second-order valence-electron chi connectivity index (χ2n) is 4.52. The maximum absolute atomic E-state index is 11.4. The Morgan fingerprint density at radius 2 is 1.59 bits per heavy atom. The Hall–Kier alpha value is -2.95. The molecule has 0 unspecified atom stereocenters. The van der Waals surface area contributed by atoms with Crippen molar-refractivity contribution in [2.24, 2.45) is 5.16 Å². The Morgan fingerprint density at radius 3 is 2.14 bits per heavy atom. The number of esters is 1. The predicted molar refractivity (Wildman–Crippen MR) is 82.5 cm³/mol. The molecule has 0 aliphatic rings. The van der Waals surface area contributed by atoms with E-state index >= 15 is 0 Å². The second kappa shape index (κ2) is 7.17. The van der Waals surface area contributed by atoms with Gasteiger partial charge in [-0.15, -0.1) is 0 Å². The van der Waals surface area contributed by atoms with Crippen LogP contribution in [0.15, 0.2) is 53.7 Å². The quantitative estimate of drug-likeness (QED) is 0.368. The summed E-state index contributed by atoms with van der Waals surface area (Å²) in [4.78, 5) is 27.2. The topological polar surface area (TPSA) is 65.0 Å². The molecule has 5 nitrogen and oxygen atoms in total. The zero-order chi connectivity index (χ0) is 15.9. The molecule has 0 saturated carbocycles. The van der Waals surface area contributed by atoms with E-state index in [0.717, 1.165) is 11.8 Å². The standard InChI is InChI=1S/C17H15NO4/c1-12(14-5-7-15(8-6-14)17(20)21-2)18-22-16-9-3-13(11-19)4-10-16/h3-11H,1-2H3/b18-12+. The Balaban J connectivity index is 2.07. The molecule has 112 valence electrons. The van der Waals surface area contributed by atoms with Crippen molar-refractivity contribution in [3.8, 4) is 5.75 Å². The Bertz CT molecular complexity index is 688. The van der Waals surface area contributed by atoms with Crippen LogP contribution in [0.4, 0.5) is 0 Å². The van der Waals surface area contributed by atoms with Gasteiger partial charge in [0.2, 0.25) is 0 Å². The van der Waals surface area contributed by atoms with E-state index < -0.39 is 0 Å². The molecule has 0 fully saturated rings. The van der Waals surface area contributed by atoms with E-state index in [9.17, 15) is 9.59 Å². The number of methoxy groups -OCH3 is 1. The number of hydrogen-bond acceptors (Lipinski definition) is 5. The smallest absolute Gasteiger partial charge is 0.337 e. The molecule has 0 aliphatic heterocycles. The van der Waals surface area contributed by atoms with Crippen LogP contribution in [-0.2, 0) is 4.74 Å². The summed E-state index contributed by atoms with van der Waals surface area (Å²) in [5.74, 6) is 0.156. The Kier molecular flexibility index (Phi) is 5.03. The molecule has 0 aromatic heterocycles. The summed E-state index contributed by atoms with van der Waals surface area (Å²) >= 11 is 0. The van der Waals surface area contributed by atoms with Crippen molar-refractivity contribution < 1.29 is 19.2 Å². The predicted octanol–water partition coefficient (Wildman–Crippen LogP) is 3.09. The number of aldehydes is 1. The van der Waals surface area contributed by atoms with Gasteiger partial charge >= 0.3 is 5.97 Å². The highest BCUT2D eigenvalue weighted by Gasteiger charge is 2.05. The lowest BCUT2D eigenvalue weighted by atomic mass is 10.1. The number of benzene rings is 2. The SMILES string of the molecule is COC(=O)c1ccc(/C(C)=N/Oc2ccc(C=O)cc2)cc1. The van der Waals surface area contributed by atoms with Crippen molar-refractivity contribution in [2.45, 2.75) is 6.92 Å². The van der Waals surface area contributed by atoms with Crippen molar-refractivity contribution in [3.05, 3.63) is 65.2 Å². The van der Waals surface area contributed by atoms with Crippen molar-refractivity contribution in [2.75, 3.05) is 7.11 Å². The average Bonchev–Trinajstić information content (AvgIpc) is 2.59. The first kappa shape index (κ1) is 15.4. The van der Waals surface area contributed by atoms with Gasteiger partial charge in [0.25, 0.3) is 0 Å². The molecule has 0 saturated heterocycles. The minimum Gasteiger partial charge on any atom is -0.465 e. The molecule has 5 heteroatoms. The van der Waals surface area contributed by atoms with Crippen LogP contribution in [0.2, 0.25) is 0 Å². The second-order valence-corrected chi connectivity index (χ2v) is 4.52. The number of carbonyl (C=O) groups is 2. The molecule has 0 radical (unpaired) electrons. The first-order valence-electron chi connectivity index (χ1n) is 6.59. The number of ether oxygens (including phenoxy) is 1. The molecule has 0 bridgehead atoms. The number of oxime groups is 1. The number of rotatable bonds is 5. The maximum Gasteiger partial charge on any atom is 0.337 e. The van der Waals surface area contributed by atoms with Gasteiger partial charge in [-0.1, -0.05) is 17.3 Å². The monoisotopic (exact) mass is 297 g/mol. The lowest BCUT2D eigenvalue weighted by molar-refractivity contribution is 0.0600. The van der Waals surface area contributed by atoms with Gasteiger partial charge in [-0.3, -0.25) is 4.79 Å². The van der Waals surface area contributed by atoms with Gasteiger partial charge < -0.3 is 9.57 Å². The third-order valence-electron chi connectivity index (χ3n) is 3.03. The van der Waals surface area contributed by atoms with Gasteiger partial charge in [0.05, 0.1) is 18.4 Å². The first-order chi connectivity index (χ1) is 10.6. The van der Waals surface area contributed by atoms with Crippen molar-refractivity contribution in [1.29, 1.82) is 0 Å². The zero-order valence-electron chi connectivity index (χ0n) is 12.3. The van der Waals surface area contributed by atoms with Gasteiger partial charge in [0, 0.05) is 5.56 Å². The van der Waals surface area contributed by atoms with E-state index in [-0.39, 0.29) is 5.97 Å². The van der Waals surface area contributed by atoms with Gasteiger partial charge in [0.15, 0.2) is 5.75 Å². The Labute approximate surface area is 128 Å². The fraction of sp³-hybridized carbons (Fsp3) is 0.118. The van der Waals surface area contributed by atoms with Crippen LogP contribution in [0.1, 0.15) is 33.2 Å². The van der Waals surface area contributed by atoms with Crippen LogP contribution >= 0.6 is 0 Å². The highest BCUT2D eigenvalue weighted by Crippen LogP contribution is 2.13. The van der Waals surface area contributed by atoms with Crippen molar-refractivity contribution in [3.63, 3.8) is 0 Å². The van der Waals surface area contributed by atoms with Crippen LogP contribution in [0, 0.1) is 0 Å². The number of nitrogens with zero attached hydrogens (tertiary/aromatic N) is 1. The molecule has 0 spiro atoms. The molecule has 2 rings (SSSR count). The molecule has 2 aromatic rings. The zero-order valence-corrected chi connectivity index (χ0v) is 12.3. The minimum atomic E-state index is -0.382. The van der Waals surface area contributed by atoms with E-state index in [1.165, 1.54) is 7.11 Å². The van der Waals surface area contributed by atoms with Crippen LogP contribution in [0.5, 0.6) is 5.75 Å². The summed E-state index contributed by atoms with van der Waals surface area (Å²) in [7, 11) is 1.34. The van der Waals surface area contributed by atoms with Gasteiger partial charge in [-0.2, -0.15) is 0 Å². The molecule has 0 atom stereocenters. The molecule has 0 aliphatic carbocycles. The molecule has 0 heterocycles. The van der Waals surface area contributed by atoms with Crippen molar-refractivity contribution in [1.82, 2.24) is 0 Å². The highest BCUT2D eigenvalue weighted by atomic mass is 16.6. The average molecular weight is 297 g/mol. The molecular weight excluding hydrogens is 282 g/mol. The van der Waals surface area contributed by atoms with Gasteiger partial charge in [0.1, 0.15) is 6.29 Å². The van der Waals surface area contributed by atoms with Crippen molar-refractivity contribution >= 4 is 18.0 Å². The fourth-order valence-corrected chi connectivity index (χ4v) is 1.75. The Morgan fingerprint density at radius 1 is 1.00 bits per heavy atom. The van der Waals surface area contributed by atoms with E-state index in [0.29, 0.717) is 22.6 Å². The fourth-order valence-electron chi connectivity index (χ4n) is 1.75. The first-order valence-corrected chi connectivity index (χ1v) is 6.59. The van der Waals surface area contributed by atoms with Crippen LogP contribution < -0.4 is 4.84 Å². The number of hydrogen-bond donors (Lipinski definition) is 0. The van der Waals surface area contributed by atoms with Crippen LogP contribution in [0.25, 0.3) is 0 Å². The summed E-state index contributed by atoms with van der Waals surface area (Å²) in [5.41, 5.74) is 2.55. The summed E-state index contributed by atoms with van der Waals surface area (Å²) in [5, 5.41) is 4.03. The minimum absolute atomic E-state index is 0.382. The maximum atomic E-state index is 11.4. The highest BCUT2D eigenvalue weighted by molar-refractivity contribution is 5.99. The third-order valence-corrected chi connectivity index (χ3v) is 3.03. The molecule has 2 aromatic carbocycles. The molecule has 22 heavy (non-hydrogen) atoms. The molecule has 0 N–H and O–H groups in total.